The van der Waals surface area contributed by atoms with Crippen LogP contribution in [-0.2, 0) is 0 Å². The van der Waals surface area contributed by atoms with E-state index in [-0.39, 0.29) is 0 Å². The van der Waals surface area contributed by atoms with Crippen LogP contribution in [0.15, 0.2) is 217 Å². The molecule has 0 N–H and O–H groups in total. The number of hydrogen-bond acceptors (Lipinski definition) is 4. The highest BCUT2D eigenvalue weighted by Gasteiger charge is 2.18. The lowest BCUT2D eigenvalue weighted by molar-refractivity contribution is 0.669. The number of furan rings is 1. The molecule has 10 aromatic carbocycles. The number of aromatic nitrogens is 2. The number of nitrogens with zero attached hydrogens (tertiary/aromatic N) is 3. The van der Waals surface area contributed by atoms with E-state index in [2.05, 4.69) is 193 Å². The number of para-hydroxylation sites is 2. The monoisotopic (exact) mass is 765 g/mol. The standard InChI is InChI=1S/C56H35N3O/c1-4-12-37(13-5-1)54-55(38-14-6-2-7-15-38)58-56-50(57-54)30-26-36-20-23-43-33-41(25-29-47(43)53(36)56)39-21-22-42-34-45(27-24-40(42)32-39)59(44-16-8-3-9-17-44)46-28-31-52-49(35-46)48-18-10-11-19-51(48)60-52/h1-35H. The molecular formula is C56H35N3O. The third-order valence-corrected chi connectivity index (χ3v) is 11.8. The van der Waals surface area contributed by atoms with Crippen LogP contribution in [0.1, 0.15) is 0 Å². The zero-order chi connectivity index (χ0) is 39.6. The van der Waals surface area contributed by atoms with Crippen LogP contribution in [0, 0.1) is 0 Å². The molecule has 4 heteroatoms. The summed E-state index contributed by atoms with van der Waals surface area (Å²) in [5.74, 6) is 0. The van der Waals surface area contributed by atoms with E-state index < -0.39 is 0 Å². The van der Waals surface area contributed by atoms with Gasteiger partial charge in [0.2, 0.25) is 0 Å². The van der Waals surface area contributed by atoms with Gasteiger partial charge in [-0.05, 0) is 105 Å². The molecule has 0 saturated carbocycles. The van der Waals surface area contributed by atoms with Gasteiger partial charge in [-0.3, -0.25) is 0 Å². The fraction of sp³-hybridized carbons (Fsp3) is 0. The van der Waals surface area contributed by atoms with E-state index in [0.717, 1.165) is 88.7 Å². The van der Waals surface area contributed by atoms with Crippen LogP contribution in [0.25, 0.3) is 98.9 Å². The third kappa shape index (κ3) is 5.69. The molecule has 0 spiro atoms. The maximum absolute atomic E-state index is 6.18. The Morgan fingerprint density at radius 2 is 0.900 bits per heavy atom. The molecule has 12 rings (SSSR count). The van der Waals surface area contributed by atoms with Crippen molar-refractivity contribution < 1.29 is 4.42 Å². The summed E-state index contributed by atoms with van der Waals surface area (Å²) in [6.07, 6.45) is 0. The second-order valence-electron chi connectivity index (χ2n) is 15.4. The first kappa shape index (κ1) is 34.0. The van der Waals surface area contributed by atoms with Crippen LogP contribution < -0.4 is 4.90 Å². The average Bonchev–Trinajstić information content (AvgIpc) is 3.69. The molecule has 2 aromatic heterocycles. The van der Waals surface area contributed by atoms with Gasteiger partial charge in [-0.1, -0.05) is 146 Å². The van der Waals surface area contributed by atoms with Crippen LogP contribution in [-0.4, -0.2) is 9.97 Å². The zero-order valence-electron chi connectivity index (χ0n) is 32.5. The predicted molar refractivity (Wildman–Crippen MR) is 250 cm³/mol. The summed E-state index contributed by atoms with van der Waals surface area (Å²) in [5.41, 5.74) is 13.0. The lowest BCUT2D eigenvalue weighted by Crippen LogP contribution is -2.09. The van der Waals surface area contributed by atoms with Crippen molar-refractivity contribution in [3.8, 4) is 33.6 Å². The second-order valence-corrected chi connectivity index (χ2v) is 15.4. The summed E-state index contributed by atoms with van der Waals surface area (Å²) in [6.45, 7) is 0. The number of benzene rings is 10. The number of rotatable bonds is 6. The Balaban J connectivity index is 0.945. The molecule has 0 bridgehead atoms. The van der Waals surface area contributed by atoms with Gasteiger partial charge in [0.05, 0.1) is 22.4 Å². The Morgan fingerprint density at radius 3 is 1.70 bits per heavy atom. The average molecular weight is 766 g/mol. The Morgan fingerprint density at radius 1 is 0.333 bits per heavy atom. The third-order valence-electron chi connectivity index (χ3n) is 11.8. The molecule has 2 heterocycles. The van der Waals surface area contributed by atoms with E-state index >= 15 is 0 Å². The summed E-state index contributed by atoms with van der Waals surface area (Å²) in [6, 6.07) is 75.1. The van der Waals surface area contributed by atoms with Crippen LogP contribution in [0.5, 0.6) is 0 Å². The molecule has 0 amide bonds. The first-order valence-corrected chi connectivity index (χ1v) is 20.3. The van der Waals surface area contributed by atoms with E-state index in [9.17, 15) is 0 Å². The largest absolute Gasteiger partial charge is 0.456 e. The Kier molecular flexibility index (Phi) is 7.82. The van der Waals surface area contributed by atoms with E-state index in [1.165, 1.54) is 27.3 Å². The molecule has 12 aromatic rings. The highest BCUT2D eigenvalue weighted by molar-refractivity contribution is 6.19. The number of hydrogen-bond donors (Lipinski definition) is 0. The van der Waals surface area contributed by atoms with Crippen molar-refractivity contribution in [1.29, 1.82) is 0 Å². The van der Waals surface area contributed by atoms with E-state index in [0.29, 0.717) is 0 Å². The van der Waals surface area contributed by atoms with E-state index in [4.69, 9.17) is 14.4 Å². The molecule has 0 radical (unpaired) electrons. The molecule has 0 aliphatic heterocycles. The quantitative estimate of drug-likeness (QED) is 0.158. The Hall–Kier alpha value is -8.08. The SMILES string of the molecule is c1ccc(-c2nc3ccc4ccc5cc(-c6ccc7cc(N(c8ccccc8)c8ccc9oc%10ccccc%10c9c8)ccc7c6)ccc5c4c3nc2-c2ccccc2)cc1. The van der Waals surface area contributed by atoms with Gasteiger partial charge >= 0.3 is 0 Å². The first-order valence-electron chi connectivity index (χ1n) is 20.3. The van der Waals surface area contributed by atoms with Crippen molar-refractivity contribution in [2.75, 3.05) is 4.90 Å². The van der Waals surface area contributed by atoms with Crippen molar-refractivity contribution >= 4 is 82.4 Å². The lowest BCUT2D eigenvalue weighted by Gasteiger charge is -2.26. The minimum absolute atomic E-state index is 0.882. The maximum atomic E-state index is 6.18. The van der Waals surface area contributed by atoms with Crippen LogP contribution >= 0.6 is 0 Å². The van der Waals surface area contributed by atoms with Crippen LogP contribution in [0.2, 0.25) is 0 Å². The summed E-state index contributed by atoms with van der Waals surface area (Å²) in [5, 5.41) is 9.17. The Bertz CT molecular complexity index is 3600. The summed E-state index contributed by atoms with van der Waals surface area (Å²) in [7, 11) is 0. The molecule has 0 aliphatic carbocycles. The van der Waals surface area contributed by atoms with Crippen LogP contribution in [0.3, 0.4) is 0 Å². The molecule has 0 saturated heterocycles. The predicted octanol–water partition coefficient (Wildman–Crippen LogP) is 15.5. The molecule has 0 atom stereocenters. The van der Waals surface area contributed by atoms with Gasteiger partial charge in [-0.25, -0.2) is 9.97 Å². The molecule has 0 fully saturated rings. The van der Waals surface area contributed by atoms with Crippen molar-refractivity contribution in [1.82, 2.24) is 9.97 Å². The fourth-order valence-electron chi connectivity index (χ4n) is 8.87. The first-order chi connectivity index (χ1) is 29.7. The second kappa shape index (κ2) is 13.8. The van der Waals surface area contributed by atoms with Gasteiger partial charge in [0.15, 0.2) is 0 Å². The highest BCUT2D eigenvalue weighted by atomic mass is 16.3. The molecule has 0 aliphatic rings. The van der Waals surface area contributed by atoms with E-state index in [1.54, 1.807) is 0 Å². The number of fused-ring (bicyclic) bond motifs is 9. The van der Waals surface area contributed by atoms with Crippen molar-refractivity contribution in [2.45, 2.75) is 0 Å². The molecule has 60 heavy (non-hydrogen) atoms. The molecule has 0 unspecified atom stereocenters. The van der Waals surface area contributed by atoms with Gasteiger partial charge in [-0.15, -0.1) is 0 Å². The maximum Gasteiger partial charge on any atom is 0.135 e. The summed E-state index contributed by atoms with van der Waals surface area (Å²) < 4.78 is 6.18. The zero-order valence-corrected chi connectivity index (χ0v) is 32.5. The van der Waals surface area contributed by atoms with Gasteiger partial charge in [0.1, 0.15) is 11.2 Å². The van der Waals surface area contributed by atoms with Crippen molar-refractivity contribution in [3.63, 3.8) is 0 Å². The Labute approximate surface area is 346 Å². The lowest BCUT2D eigenvalue weighted by atomic mass is 9.95. The van der Waals surface area contributed by atoms with E-state index in [1.807, 2.05) is 24.3 Å². The summed E-state index contributed by atoms with van der Waals surface area (Å²) >= 11 is 0. The van der Waals surface area contributed by atoms with Gasteiger partial charge in [-0.2, -0.15) is 0 Å². The van der Waals surface area contributed by atoms with Gasteiger partial charge in [0, 0.05) is 44.3 Å². The van der Waals surface area contributed by atoms with Crippen molar-refractivity contribution in [2.24, 2.45) is 0 Å². The minimum Gasteiger partial charge on any atom is -0.456 e. The molecule has 4 nitrogen and oxygen atoms in total. The fourth-order valence-corrected chi connectivity index (χ4v) is 8.87. The minimum atomic E-state index is 0.882. The molecular weight excluding hydrogens is 731 g/mol. The normalized spacial score (nSPS) is 11.7. The van der Waals surface area contributed by atoms with Crippen molar-refractivity contribution in [3.05, 3.63) is 212 Å². The molecule has 280 valence electrons. The number of anilines is 3. The summed E-state index contributed by atoms with van der Waals surface area (Å²) in [4.78, 5) is 13.0. The smallest absolute Gasteiger partial charge is 0.135 e. The topological polar surface area (TPSA) is 42.2 Å². The van der Waals surface area contributed by atoms with Gasteiger partial charge in [0.25, 0.3) is 0 Å². The van der Waals surface area contributed by atoms with Crippen LogP contribution in [0.4, 0.5) is 17.1 Å². The van der Waals surface area contributed by atoms with Gasteiger partial charge < -0.3 is 9.32 Å². The highest BCUT2D eigenvalue weighted by Crippen LogP contribution is 2.41.